The van der Waals surface area contributed by atoms with Crippen LogP contribution < -0.4 is 20.1 Å². The Morgan fingerprint density at radius 1 is 1.04 bits per heavy atom. The third-order valence-electron chi connectivity index (χ3n) is 3.90. The average molecular weight is 403 g/mol. The van der Waals surface area contributed by atoms with Crippen LogP contribution in [0.15, 0.2) is 48.5 Å². The topological polar surface area (TPSA) is 76.7 Å². The van der Waals surface area contributed by atoms with E-state index in [1.54, 1.807) is 14.0 Å². The largest absolute Gasteiger partial charge is 0.497 e. The highest BCUT2D eigenvalue weighted by atomic mass is 32.2. The number of benzene rings is 2. The van der Waals surface area contributed by atoms with Gasteiger partial charge >= 0.3 is 0 Å². The lowest BCUT2D eigenvalue weighted by atomic mass is 10.2. The lowest BCUT2D eigenvalue weighted by Gasteiger charge is -2.13. The second-order valence-electron chi connectivity index (χ2n) is 6.18. The zero-order valence-electron chi connectivity index (χ0n) is 16.4. The van der Waals surface area contributed by atoms with Gasteiger partial charge in [0.25, 0.3) is 0 Å². The number of aryl methyl sites for hydroxylation is 1. The molecule has 2 N–H and O–H groups in total. The predicted octanol–water partition coefficient (Wildman–Crippen LogP) is 3.26. The van der Waals surface area contributed by atoms with Gasteiger partial charge in [-0.3, -0.25) is 9.59 Å². The molecule has 150 valence electrons. The maximum atomic E-state index is 12.1. The fourth-order valence-corrected chi connectivity index (χ4v) is 2.98. The summed E-state index contributed by atoms with van der Waals surface area (Å²) in [5.74, 6) is 1.44. The second-order valence-corrected chi connectivity index (χ2v) is 7.51. The summed E-state index contributed by atoms with van der Waals surface area (Å²) in [6.45, 7) is 4.53. The van der Waals surface area contributed by atoms with Gasteiger partial charge in [0, 0.05) is 5.69 Å². The van der Waals surface area contributed by atoms with Crippen LogP contribution in [0.4, 0.5) is 5.69 Å². The maximum Gasteiger partial charge on any atom is 0.234 e. The highest BCUT2D eigenvalue weighted by Crippen LogP contribution is 2.17. The van der Waals surface area contributed by atoms with Crippen LogP contribution in [0.1, 0.15) is 12.5 Å². The van der Waals surface area contributed by atoms with Crippen molar-refractivity contribution in [1.29, 1.82) is 0 Å². The Labute approximate surface area is 170 Å². The van der Waals surface area contributed by atoms with Crippen molar-refractivity contribution in [2.45, 2.75) is 19.1 Å². The first kappa shape index (κ1) is 21.6. The first-order chi connectivity index (χ1) is 13.5. The smallest absolute Gasteiger partial charge is 0.234 e. The molecular weight excluding hydrogens is 376 g/mol. The van der Waals surface area contributed by atoms with Crippen LogP contribution in [0, 0.1) is 6.92 Å². The summed E-state index contributed by atoms with van der Waals surface area (Å²) in [5.41, 5.74) is 1.89. The summed E-state index contributed by atoms with van der Waals surface area (Å²) in [7, 11) is 1.61. The van der Waals surface area contributed by atoms with Crippen molar-refractivity contribution in [3.8, 4) is 11.5 Å². The Morgan fingerprint density at radius 3 is 2.32 bits per heavy atom. The predicted molar refractivity (Wildman–Crippen MR) is 113 cm³/mol. The highest BCUT2D eigenvalue weighted by Gasteiger charge is 2.15. The molecular formula is C21H26N2O4S. The van der Waals surface area contributed by atoms with Crippen molar-refractivity contribution in [2.24, 2.45) is 0 Å². The molecule has 7 heteroatoms. The summed E-state index contributed by atoms with van der Waals surface area (Å²) in [6.07, 6.45) is 0. The summed E-state index contributed by atoms with van der Waals surface area (Å²) >= 11 is 1.29. The van der Waals surface area contributed by atoms with E-state index >= 15 is 0 Å². The summed E-state index contributed by atoms with van der Waals surface area (Å²) in [6, 6.07) is 14.8. The molecule has 1 atom stereocenters. The molecule has 2 amide bonds. The molecule has 0 fully saturated rings. The number of thioether (sulfide) groups is 1. The van der Waals surface area contributed by atoms with E-state index in [0.717, 1.165) is 17.0 Å². The van der Waals surface area contributed by atoms with Crippen molar-refractivity contribution in [3.05, 3.63) is 54.1 Å². The average Bonchev–Trinajstić information content (AvgIpc) is 2.71. The maximum absolute atomic E-state index is 12.1. The van der Waals surface area contributed by atoms with E-state index in [1.807, 2.05) is 55.5 Å². The van der Waals surface area contributed by atoms with Crippen LogP contribution >= 0.6 is 11.8 Å². The molecule has 0 saturated heterocycles. The number of rotatable bonds is 10. The minimum Gasteiger partial charge on any atom is -0.497 e. The number of ether oxygens (including phenoxy) is 2. The fourth-order valence-electron chi connectivity index (χ4n) is 2.27. The zero-order valence-corrected chi connectivity index (χ0v) is 17.2. The van der Waals surface area contributed by atoms with Crippen molar-refractivity contribution in [1.82, 2.24) is 5.32 Å². The van der Waals surface area contributed by atoms with Crippen molar-refractivity contribution in [2.75, 3.05) is 31.3 Å². The third-order valence-corrected chi connectivity index (χ3v) is 5.04. The van der Waals surface area contributed by atoms with Crippen LogP contribution in [0.2, 0.25) is 0 Å². The normalized spacial score (nSPS) is 11.4. The van der Waals surface area contributed by atoms with E-state index in [9.17, 15) is 9.59 Å². The van der Waals surface area contributed by atoms with Crippen LogP contribution in [0.25, 0.3) is 0 Å². The molecule has 0 aromatic heterocycles. The Kier molecular flexibility index (Phi) is 8.68. The van der Waals surface area contributed by atoms with E-state index < -0.39 is 0 Å². The van der Waals surface area contributed by atoms with Gasteiger partial charge in [-0.25, -0.2) is 0 Å². The number of methoxy groups -OCH3 is 1. The molecule has 0 spiro atoms. The van der Waals surface area contributed by atoms with Gasteiger partial charge in [-0.2, -0.15) is 0 Å². The minimum atomic E-state index is -0.329. The molecule has 0 bridgehead atoms. The lowest BCUT2D eigenvalue weighted by molar-refractivity contribution is -0.120. The molecule has 1 unspecified atom stereocenters. The minimum absolute atomic E-state index is 0.119. The number of nitrogens with one attached hydrogen (secondary N) is 2. The summed E-state index contributed by atoms with van der Waals surface area (Å²) in [4.78, 5) is 24.1. The molecule has 2 aromatic carbocycles. The molecule has 6 nitrogen and oxygen atoms in total. The number of hydrogen-bond acceptors (Lipinski definition) is 5. The molecule has 0 aliphatic carbocycles. The molecule has 2 aromatic rings. The summed E-state index contributed by atoms with van der Waals surface area (Å²) in [5, 5.41) is 5.31. The molecule has 0 aliphatic heterocycles. The fraction of sp³-hybridized carbons (Fsp3) is 0.333. The number of carbonyl (C=O) groups excluding carboxylic acids is 2. The van der Waals surface area contributed by atoms with E-state index in [2.05, 4.69) is 10.6 Å². The van der Waals surface area contributed by atoms with Gasteiger partial charge in [0.1, 0.15) is 18.1 Å². The Hall–Kier alpha value is -2.67. The number of amides is 2. The molecule has 0 aliphatic rings. The molecule has 0 heterocycles. The summed E-state index contributed by atoms with van der Waals surface area (Å²) < 4.78 is 10.7. The quantitative estimate of drug-likeness (QED) is 0.597. The van der Waals surface area contributed by atoms with Gasteiger partial charge < -0.3 is 20.1 Å². The van der Waals surface area contributed by atoms with E-state index in [1.165, 1.54) is 11.8 Å². The van der Waals surface area contributed by atoms with Crippen LogP contribution in [0.3, 0.4) is 0 Å². The van der Waals surface area contributed by atoms with Crippen molar-refractivity contribution < 1.29 is 19.1 Å². The highest BCUT2D eigenvalue weighted by molar-refractivity contribution is 8.01. The molecule has 28 heavy (non-hydrogen) atoms. The Morgan fingerprint density at radius 2 is 1.68 bits per heavy atom. The first-order valence-electron chi connectivity index (χ1n) is 9.00. The molecule has 0 radical (unpaired) electrons. The van der Waals surface area contributed by atoms with Gasteiger partial charge in [-0.05, 0) is 50.2 Å². The van der Waals surface area contributed by atoms with Gasteiger partial charge in [-0.15, -0.1) is 11.8 Å². The van der Waals surface area contributed by atoms with Crippen molar-refractivity contribution >= 4 is 29.3 Å². The van der Waals surface area contributed by atoms with Gasteiger partial charge in [0.15, 0.2) is 0 Å². The number of hydrogen-bond donors (Lipinski definition) is 2. The zero-order chi connectivity index (χ0) is 20.4. The van der Waals surface area contributed by atoms with Gasteiger partial charge in [-0.1, -0.05) is 17.7 Å². The van der Waals surface area contributed by atoms with E-state index in [-0.39, 0.29) is 22.8 Å². The van der Waals surface area contributed by atoms with Crippen LogP contribution in [-0.4, -0.2) is 43.1 Å². The third kappa shape index (κ3) is 7.52. The molecule has 2 rings (SSSR count). The van der Waals surface area contributed by atoms with Crippen LogP contribution in [-0.2, 0) is 9.59 Å². The van der Waals surface area contributed by atoms with Gasteiger partial charge in [0.2, 0.25) is 11.8 Å². The Balaban J connectivity index is 1.62. The lowest BCUT2D eigenvalue weighted by Crippen LogP contribution is -2.34. The standard InChI is InChI=1S/C21H26N2O4S/c1-15-4-6-17(7-5-15)23-20(24)14-28-16(2)21(25)22-12-13-27-19-10-8-18(26-3)9-11-19/h4-11,16H,12-14H2,1-3H3,(H,22,25)(H,23,24). The van der Waals surface area contributed by atoms with Crippen molar-refractivity contribution in [3.63, 3.8) is 0 Å². The first-order valence-corrected chi connectivity index (χ1v) is 10.1. The van der Waals surface area contributed by atoms with Gasteiger partial charge in [0.05, 0.1) is 24.7 Å². The number of carbonyl (C=O) groups is 2. The number of anilines is 1. The SMILES string of the molecule is COc1ccc(OCCNC(=O)C(C)SCC(=O)Nc2ccc(C)cc2)cc1. The van der Waals surface area contributed by atoms with E-state index in [4.69, 9.17) is 9.47 Å². The Bertz CT molecular complexity index is 763. The van der Waals surface area contributed by atoms with E-state index in [0.29, 0.717) is 18.9 Å². The van der Waals surface area contributed by atoms with Crippen LogP contribution in [0.5, 0.6) is 11.5 Å². The monoisotopic (exact) mass is 402 g/mol. The second kappa shape index (κ2) is 11.2. The molecule has 0 saturated carbocycles.